The van der Waals surface area contributed by atoms with Crippen molar-refractivity contribution in [2.45, 2.75) is 25.3 Å². The van der Waals surface area contributed by atoms with E-state index in [1.807, 2.05) is 0 Å². The Kier molecular flexibility index (Phi) is 3.56. The van der Waals surface area contributed by atoms with E-state index in [1.165, 1.54) is 14.2 Å². The van der Waals surface area contributed by atoms with Crippen molar-refractivity contribution in [3.05, 3.63) is 29.0 Å². The molecular formula is C16H17N5O4. The van der Waals surface area contributed by atoms with Gasteiger partial charge < -0.3 is 19.9 Å². The van der Waals surface area contributed by atoms with Gasteiger partial charge in [-0.25, -0.2) is 0 Å². The number of nitrogens with one attached hydrogen (secondary N) is 1. The molecule has 1 atom stereocenters. The number of nitrogens with zero attached hydrogens (tertiary/aromatic N) is 4. The van der Waals surface area contributed by atoms with Crippen LogP contribution in [-0.4, -0.2) is 45.3 Å². The molecule has 0 amide bonds. The van der Waals surface area contributed by atoms with Gasteiger partial charge in [-0.05, 0) is 41.0 Å². The fraction of sp³-hybridized carbons (Fsp3) is 0.375. The molecule has 4 rings (SSSR count). The van der Waals surface area contributed by atoms with Gasteiger partial charge in [0.1, 0.15) is 6.04 Å². The summed E-state index contributed by atoms with van der Waals surface area (Å²) >= 11 is 0. The summed E-state index contributed by atoms with van der Waals surface area (Å²) in [4.78, 5) is 12.6. The van der Waals surface area contributed by atoms with Gasteiger partial charge in [0, 0.05) is 17.7 Å². The average Bonchev–Trinajstić information content (AvgIpc) is 3.08. The van der Waals surface area contributed by atoms with Gasteiger partial charge in [0.15, 0.2) is 17.3 Å². The molecule has 1 aromatic carbocycles. The molecule has 0 fully saturated rings. The number of carbonyl (C=O) groups excluding carboxylic acids is 1. The summed E-state index contributed by atoms with van der Waals surface area (Å²) in [5, 5.41) is 25.1. The Labute approximate surface area is 143 Å². The number of carbonyl (C=O) groups is 1. The van der Waals surface area contributed by atoms with Gasteiger partial charge in [0.05, 0.1) is 14.2 Å². The van der Waals surface area contributed by atoms with Crippen LogP contribution in [0.3, 0.4) is 0 Å². The number of anilines is 1. The van der Waals surface area contributed by atoms with Crippen molar-refractivity contribution in [2.24, 2.45) is 0 Å². The molecule has 1 aliphatic heterocycles. The standard InChI is InChI=1S/C16H17N5O4/c1-24-11-6-8(7-12(25-2)15(11)23)14-13-9(4-3-5-10(13)22)17-16-18-19-20-21(14)16/h6-7,14,23H,3-5H2,1-2H3,(H,17,18,20)/t14-/m0/s1. The number of Topliss-reactive ketones (excluding diaryl/α,β-unsaturated/α-hetero) is 1. The number of methoxy groups -OCH3 is 2. The normalized spacial score (nSPS) is 19.1. The molecule has 0 saturated heterocycles. The summed E-state index contributed by atoms with van der Waals surface area (Å²) in [6, 6.07) is 2.84. The second-order valence-electron chi connectivity index (χ2n) is 5.92. The first-order valence-electron chi connectivity index (χ1n) is 7.90. The first kappa shape index (κ1) is 15.4. The van der Waals surface area contributed by atoms with Crippen LogP contribution in [0.15, 0.2) is 23.4 Å². The van der Waals surface area contributed by atoms with Crippen LogP contribution in [0.25, 0.3) is 0 Å². The Hall–Kier alpha value is -3.10. The van der Waals surface area contributed by atoms with E-state index in [9.17, 15) is 9.90 Å². The molecule has 0 bridgehead atoms. The predicted octanol–water partition coefficient (Wildman–Crippen LogP) is 1.42. The third-order valence-electron chi connectivity index (χ3n) is 4.55. The van der Waals surface area contributed by atoms with Crippen molar-refractivity contribution < 1.29 is 19.4 Å². The number of aromatic nitrogens is 4. The van der Waals surface area contributed by atoms with Crippen LogP contribution >= 0.6 is 0 Å². The Morgan fingerprint density at radius 3 is 2.64 bits per heavy atom. The second kappa shape index (κ2) is 5.76. The molecule has 0 radical (unpaired) electrons. The van der Waals surface area contributed by atoms with Gasteiger partial charge in [-0.15, -0.1) is 0 Å². The fourth-order valence-electron chi connectivity index (χ4n) is 3.40. The van der Waals surface area contributed by atoms with Crippen LogP contribution in [-0.2, 0) is 4.79 Å². The molecule has 0 spiro atoms. The molecular weight excluding hydrogens is 326 g/mol. The molecule has 2 N–H and O–H groups in total. The number of ketones is 1. The van der Waals surface area contributed by atoms with E-state index >= 15 is 0 Å². The second-order valence-corrected chi connectivity index (χ2v) is 5.92. The highest BCUT2D eigenvalue weighted by atomic mass is 16.5. The van der Waals surface area contributed by atoms with E-state index in [1.54, 1.807) is 16.8 Å². The first-order chi connectivity index (χ1) is 12.1. The molecule has 2 heterocycles. The van der Waals surface area contributed by atoms with Gasteiger partial charge in [-0.2, -0.15) is 4.68 Å². The third-order valence-corrected chi connectivity index (χ3v) is 4.55. The zero-order valence-corrected chi connectivity index (χ0v) is 13.8. The topological polar surface area (TPSA) is 111 Å². The SMILES string of the molecule is COc1cc([C@H]2C3=C(CCCC3=O)Nc3nnnn32)cc(OC)c1O. The lowest BCUT2D eigenvalue weighted by molar-refractivity contribution is -0.116. The number of benzene rings is 1. The van der Waals surface area contributed by atoms with Crippen LogP contribution in [0.4, 0.5) is 5.95 Å². The van der Waals surface area contributed by atoms with Crippen molar-refractivity contribution in [3.8, 4) is 17.2 Å². The summed E-state index contributed by atoms with van der Waals surface area (Å²) in [5.41, 5.74) is 2.18. The molecule has 2 aliphatic rings. The highest BCUT2D eigenvalue weighted by molar-refractivity contribution is 5.99. The lowest BCUT2D eigenvalue weighted by Crippen LogP contribution is -2.31. The van der Waals surface area contributed by atoms with Crippen molar-refractivity contribution in [3.63, 3.8) is 0 Å². The van der Waals surface area contributed by atoms with Gasteiger partial charge >= 0.3 is 0 Å². The third kappa shape index (κ3) is 2.31. The van der Waals surface area contributed by atoms with Crippen LogP contribution in [0.2, 0.25) is 0 Å². The van der Waals surface area contributed by atoms with E-state index in [0.717, 1.165) is 18.5 Å². The van der Waals surface area contributed by atoms with Crippen molar-refractivity contribution in [1.82, 2.24) is 20.2 Å². The molecule has 0 saturated carbocycles. The number of aromatic hydroxyl groups is 1. The minimum Gasteiger partial charge on any atom is -0.502 e. The highest BCUT2D eigenvalue weighted by Gasteiger charge is 2.37. The minimum atomic E-state index is -0.502. The van der Waals surface area contributed by atoms with Gasteiger partial charge in [0.2, 0.25) is 11.7 Å². The Bertz CT molecular complexity index is 863. The molecule has 130 valence electrons. The lowest BCUT2D eigenvalue weighted by atomic mass is 9.85. The Balaban J connectivity index is 1.94. The molecule has 9 nitrogen and oxygen atoms in total. The largest absolute Gasteiger partial charge is 0.502 e. The first-order valence-corrected chi connectivity index (χ1v) is 7.90. The van der Waals surface area contributed by atoms with Crippen LogP contribution in [0.5, 0.6) is 17.2 Å². The minimum absolute atomic E-state index is 0.0610. The van der Waals surface area contributed by atoms with E-state index in [4.69, 9.17) is 9.47 Å². The Morgan fingerprint density at radius 2 is 1.96 bits per heavy atom. The van der Waals surface area contributed by atoms with Crippen LogP contribution in [0, 0.1) is 0 Å². The van der Waals surface area contributed by atoms with Crippen molar-refractivity contribution >= 4 is 11.7 Å². The van der Waals surface area contributed by atoms with Crippen LogP contribution < -0.4 is 14.8 Å². The zero-order valence-electron chi connectivity index (χ0n) is 13.8. The molecule has 1 aliphatic carbocycles. The van der Waals surface area contributed by atoms with Gasteiger partial charge in [-0.3, -0.25) is 4.79 Å². The summed E-state index contributed by atoms with van der Waals surface area (Å²) in [5.74, 6) is 0.958. The monoisotopic (exact) mass is 343 g/mol. The van der Waals surface area contributed by atoms with E-state index in [-0.39, 0.29) is 23.0 Å². The van der Waals surface area contributed by atoms with E-state index in [2.05, 4.69) is 20.8 Å². The highest BCUT2D eigenvalue weighted by Crippen LogP contribution is 2.44. The summed E-state index contributed by atoms with van der Waals surface area (Å²) in [7, 11) is 2.92. The molecule has 1 aromatic heterocycles. The lowest BCUT2D eigenvalue weighted by Gasteiger charge is -2.31. The molecule has 9 heteroatoms. The number of tetrazole rings is 1. The smallest absolute Gasteiger partial charge is 0.248 e. The molecule has 2 aromatic rings. The number of hydrogen-bond donors (Lipinski definition) is 2. The molecule has 0 unspecified atom stereocenters. The predicted molar refractivity (Wildman–Crippen MR) is 86.7 cm³/mol. The van der Waals surface area contributed by atoms with Crippen LogP contribution in [0.1, 0.15) is 30.9 Å². The van der Waals surface area contributed by atoms with E-state index in [0.29, 0.717) is 23.5 Å². The number of allylic oxidation sites excluding steroid dienone is 2. The maximum atomic E-state index is 12.6. The quantitative estimate of drug-likeness (QED) is 0.860. The van der Waals surface area contributed by atoms with Gasteiger partial charge in [-0.1, -0.05) is 5.10 Å². The number of phenols is 1. The number of hydrogen-bond acceptors (Lipinski definition) is 8. The van der Waals surface area contributed by atoms with Crippen molar-refractivity contribution in [2.75, 3.05) is 19.5 Å². The average molecular weight is 343 g/mol. The number of ether oxygens (including phenoxy) is 2. The number of fused-ring (bicyclic) bond motifs is 1. The number of phenolic OH excluding ortho intramolecular Hbond substituents is 1. The Morgan fingerprint density at radius 1 is 1.24 bits per heavy atom. The summed E-state index contributed by atoms with van der Waals surface area (Å²) < 4.78 is 12.1. The summed E-state index contributed by atoms with van der Waals surface area (Å²) in [6.45, 7) is 0. The molecule has 25 heavy (non-hydrogen) atoms. The van der Waals surface area contributed by atoms with Crippen molar-refractivity contribution in [1.29, 1.82) is 0 Å². The fourth-order valence-corrected chi connectivity index (χ4v) is 3.40. The maximum Gasteiger partial charge on any atom is 0.248 e. The van der Waals surface area contributed by atoms with E-state index < -0.39 is 6.04 Å². The summed E-state index contributed by atoms with van der Waals surface area (Å²) in [6.07, 6.45) is 2.04. The maximum absolute atomic E-state index is 12.6. The van der Waals surface area contributed by atoms with Gasteiger partial charge in [0.25, 0.3) is 0 Å². The number of rotatable bonds is 3. The zero-order chi connectivity index (χ0) is 17.6.